The first-order valence-corrected chi connectivity index (χ1v) is 39.9. The molecule has 26 atom stereocenters. The van der Waals surface area contributed by atoms with Gasteiger partial charge in [0, 0.05) is 93.3 Å². The van der Waals surface area contributed by atoms with Gasteiger partial charge in [-0.05, 0) is 221 Å². The molecule has 6 saturated heterocycles. The molecule has 2 saturated carbocycles. The quantitative estimate of drug-likeness (QED) is 0.0108. The highest BCUT2D eigenvalue weighted by molar-refractivity contribution is 7.25. The Labute approximate surface area is 636 Å². The predicted molar refractivity (Wildman–Crippen MR) is 400 cm³/mol. The molecule has 0 aromatic carbocycles. The van der Waals surface area contributed by atoms with Crippen molar-refractivity contribution < 1.29 is 90.9 Å². The van der Waals surface area contributed by atoms with E-state index in [1.807, 2.05) is 93.4 Å². The van der Waals surface area contributed by atoms with E-state index >= 15 is 0 Å². The molecular weight excluding hydrogens is 1400 g/mol. The fraction of sp³-hybridized carbons (Fsp3) is 0.920. The highest BCUT2D eigenvalue weighted by atomic mass is 31.1. The zero-order chi connectivity index (χ0) is 79.8. The number of hydrogen-bond acceptors (Lipinski definition) is 25. The van der Waals surface area contributed by atoms with Crippen LogP contribution in [0, 0.1) is 47.3 Å². The van der Waals surface area contributed by atoms with Gasteiger partial charge in [-0.2, -0.15) is 0 Å². The zero-order valence-corrected chi connectivity index (χ0v) is 68.6. The third-order valence-electron chi connectivity index (χ3n) is 24.0. The Morgan fingerprint density at radius 2 is 0.972 bits per heavy atom. The van der Waals surface area contributed by atoms with E-state index in [-0.39, 0.29) is 80.1 Å². The molecule has 6 unspecified atom stereocenters. The Hall–Kier alpha value is -4.94. The second kappa shape index (κ2) is 40.5. The lowest BCUT2D eigenvalue weighted by molar-refractivity contribution is -0.295. The summed E-state index contributed by atoms with van der Waals surface area (Å²) in [6.45, 7) is 28.5. The van der Waals surface area contributed by atoms with Crippen LogP contribution in [0.15, 0.2) is 10.2 Å². The minimum Gasteiger partial charge on any atom is -0.458 e. The highest BCUT2D eigenvalue weighted by Crippen LogP contribution is 2.48. The summed E-state index contributed by atoms with van der Waals surface area (Å²) >= 11 is 0. The molecule has 32 heteroatoms. The molecule has 8 aliphatic rings. The number of unbranched alkanes of at least 4 members (excludes halogenated alkanes) is 2. The van der Waals surface area contributed by atoms with E-state index in [2.05, 4.69) is 44.5 Å². The number of methoxy groups -OCH3 is 2. The molecule has 2 aliphatic carbocycles. The molecule has 6 heterocycles. The van der Waals surface area contributed by atoms with Crippen molar-refractivity contribution in [2.24, 2.45) is 57.6 Å². The van der Waals surface area contributed by atoms with Gasteiger partial charge in [-0.3, -0.25) is 33.5 Å². The number of amides is 2. The van der Waals surface area contributed by atoms with Crippen LogP contribution in [0.25, 0.3) is 20.9 Å². The summed E-state index contributed by atoms with van der Waals surface area (Å²) < 4.78 is 76.0. The van der Waals surface area contributed by atoms with Crippen molar-refractivity contribution in [3.8, 4) is 0 Å². The van der Waals surface area contributed by atoms with Crippen molar-refractivity contribution in [1.82, 2.24) is 30.2 Å². The highest BCUT2D eigenvalue weighted by Gasteiger charge is 2.64. The average Bonchev–Trinajstić information content (AvgIpc) is 1.59. The Kier molecular flexibility index (Phi) is 34.4. The number of likely N-dealkylation sites (N-methyl/N-ethyl adjacent to an activating group) is 1. The molecule has 0 aromatic rings. The molecule has 6 aliphatic heterocycles. The molecule has 8 rings (SSSR count). The Balaban J connectivity index is 0.000000327. The summed E-state index contributed by atoms with van der Waals surface area (Å²) in [6, 6.07) is -1.58. The number of nitrogens with zero attached hydrogens (tertiary/aromatic N) is 10. The van der Waals surface area contributed by atoms with Crippen LogP contribution < -0.4 is 10.6 Å². The van der Waals surface area contributed by atoms with Gasteiger partial charge in [-0.15, -0.1) is 0 Å². The normalized spacial score (nSPS) is 40.1. The van der Waals surface area contributed by atoms with Crippen molar-refractivity contribution in [3.05, 3.63) is 20.9 Å². The van der Waals surface area contributed by atoms with Gasteiger partial charge in [0.1, 0.15) is 35.8 Å². The maximum atomic E-state index is 14.4. The van der Waals surface area contributed by atoms with Crippen LogP contribution in [0.5, 0.6) is 0 Å². The number of aliphatic hydroxyl groups excluding tert-OH is 2. The number of ketones is 2. The molecule has 610 valence electrons. The van der Waals surface area contributed by atoms with Crippen molar-refractivity contribution >= 4 is 44.2 Å². The van der Waals surface area contributed by atoms with E-state index in [1.54, 1.807) is 44.8 Å². The predicted octanol–water partition coefficient (Wildman–Crippen LogP) is 9.80. The maximum absolute atomic E-state index is 14.4. The second-order valence-corrected chi connectivity index (χ2v) is 33.6. The van der Waals surface area contributed by atoms with Crippen LogP contribution in [-0.4, -0.2) is 274 Å². The van der Waals surface area contributed by atoms with Crippen LogP contribution in [0.3, 0.4) is 0 Å². The Morgan fingerprint density at radius 3 is 1.32 bits per heavy atom. The first-order valence-electron chi connectivity index (χ1n) is 39.0. The van der Waals surface area contributed by atoms with Crippen LogP contribution in [0.1, 0.15) is 187 Å². The smallest absolute Gasteiger partial charge is 0.410 e. The first-order chi connectivity index (χ1) is 50.6. The van der Waals surface area contributed by atoms with Gasteiger partial charge in [0.15, 0.2) is 43.8 Å². The SMILES string of the molecule is CC[C@H]1OC(=O)[C@H](C)C(=O)[C@H](C)[C@@H](O[C@@H]2OC(C)CC(N(C)C)C2O)[C@](C)(OC)C[C@@H](C)CN[C@H](C2CC2)[C@H]2N(CCCCN=[N+]=[N-])C(=O)O[C@]12C.CC[C@H]1OC(=O)[C@H](C)C(=O)[C@H](C)[C@@H](O[C@@H]2OC(C)CC(N(C)C)C2P=O)[C@](C)(OC)C[C@@H](C)CN[C@H](C2CC2)[C@H]2N(CCCCN=[N+]=[N-])C(=O)O[C@]12C.CO. The van der Waals surface area contributed by atoms with Crippen LogP contribution in [0.2, 0.25) is 0 Å². The standard InChI is InChI=1S/C37H63N6O9P.C37H64N6O9.CH4O/c1-11-27-37(7)31(43(35(46)52-37)17-13-12-16-40-41-38)28(25-14-15-25)39-20-21(2)19-36(6,48-10)32(23(4)29(44)24(5)33(45)50-27)51-34-30(53-47)26(42(8)9)18-22(3)49-34;1-11-27-37(7)31(43(35(47)52-37)17-13-12-16-40-41-38)28(25-14-15-25)39-20-21(2)19-36(6,48-10)32(23(4)29(44)24(5)33(46)50-27)51-34-30(45)26(42(8)9)18-22(3)49-34;1-2/h21-28,30-32,34,39H,11-20H2,1-10H3;21-28,30-32,34,39,45H,11-20H2,1-10H3;2H,1H3/t2*21-,22?,23+,24-,26?,27-,28-,30?,31-,32-,34+,36-,37-;/m11./s1. The van der Waals surface area contributed by atoms with Crippen molar-refractivity contribution in [2.45, 2.75) is 306 Å². The Bertz CT molecular complexity index is 3040. The van der Waals surface area contributed by atoms with Gasteiger partial charge in [-0.1, -0.05) is 51.8 Å². The number of nitrogens with one attached hydrogen (secondary N) is 2. The van der Waals surface area contributed by atoms with E-state index in [4.69, 9.17) is 63.5 Å². The summed E-state index contributed by atoms with van der Waals surface area (Å²) in [7, 11) is 11.7. The van der Waals surface area contributed by atoms with Crippen molar-refractivity contribution in [1.29, 1.82) is 0 Å². The number of ether oxygens (including phenoxy) is 10. The van der Waals surface area contributed by atoms with Gasteiger partial charge in [0.25, 0.3) is 0 Å². The van der Waals surface area contributed by atoms with Gasteiger partial charge >= 0.3 is 24.1 Å². The number of Topliss-reactive ketones (excluding diaryl/α,β-unsaturated/α-hetero) is 2. The molecule has 4 N–H and O–H groups in total. The lowest BCUT2D eigenvalue weighted by Gasteiger charge is -2.46. The second-order valence-electron chi connectivity index (χ2n) is 32.8. The number of esters is 2. The summed E-state index contributed by atoms with van der Waals surface area (Å²) in [5.41, 5.74) is 12.5. The number of carbonyl (C=O) groups is 6. The van der Waals surface area contributed by atoms with E-state index < -0.39 is 131 Å². The molecule has 0 spiro atoms. The molecule has 2 amide bonds. The first kappa shape index (κ1) is 90.9. The van der Waals surface area contributed by atoms with E-state index in [0.717, 1.165) is 32.8 Å². The lowest BCUT2D eigenvalue weighted by atomic mass is 9.78. The van der Waals surface area contributed by atoms with Crippen molar-refractivity contribution in [3.63, 3.8) is 0 Å². The number of rotatable bonds is 23. The molecular formula is C75H131N12O19P. The fourth-order valence-electron chi connectivity index (χ4n) is 17.7. The van der Waals surface area contributed by atoms with Gasteiger partial charge in [-0.25, -0.2) is 9.59 Å². The number of azide groups is 2. The molecule has 107 heavy (non-hydrogen) atoms. The summed E-state index contributed by atoms with van der Waals surface area (Å²) in [5, 5.41) is 33.3. The minimum atomic E-state index is -1.21. The van der Waals surface area contributed by atoms with Crippen LogP contribution in [0.4, 0.5) is 9.59 Å². The largest absolute Gasteiger partial charge is 0.458 e. The van der Waals surface area contributed by atoms with E-state index in [1.165, 1.54) is 6.92 Å². The zero-order valence-electron chi connectivity index (χ0n) is 67.8. The summed E-state index contributed by atoms with van der Waals surface area (Å²) in [4.78, 5) is 97.2. The molecule has 0 radical (unpaired) electrons. The number of aliphatic hydroxyl groups is 2. The number of carbonyl (C=O) groups excluding carboxylic acids is 6. The van der Waals surface area contributed by atoms with Gasteiger partial charge in [0.2, 0.25) is 0 Å². The minimum absolute atomic E-state index is 0.00716. The number of hydrogen-bond donors (Lipinski definition) is 4. The van der Waals surface area contributed by atoms with Crippen LogP contribution >= 0.6 is 8.46 Å². The number of cyclic esters (lactones) is 2. The third-order valence-corrected chi connectivity index (χ3v) is 24.8. The lowest BCUT2D eigenvalue weighted by Crippen LogP contribution is -2.62. The molecule has 31 nitrogen and oxygen atoms in total. The third kappa shape index (κ3) is 21.8. The topological polar surface area (TPSA) is 387 Å². The molecule has 8 fully saturated rings. The van der Waals surface area contributed by atoms with Gasteiger partial charge in [0.05, 0.1) is 47.7 Å². The fourth-order valence-corrected chi connectivity index (χ4v) is 18.5. The molecule has 0 bridgehead atoms. The summed E-state index contributed by atoms with van der Waals surface area (Å²) in [6.07, 6.45) is 1.64. The van der Waals surface area contributed by atoms with Crippen molar-refractivity contribution in [2.75, 3.05) is 88.8 Å². The maximum Gasteiger partial charge on any atom is 0.410 e. The summed E-state index contributed by atoms with van der Waals surface area (Å²) in [5.74, 6) is -5.65. The Morgan fingerprint density at radius 1 is 0.598 bits per heavy atom. The monoisotopic (exact) mass is 1530 g/mol. The van der Waals surface area contributed by atoms with E-state index in [0.29, 0.717) is 103 Å². The van der Waals surface area contributed by atoms with E-state index in [9.17, 15) is 38.4 Å². The number of fused-ring (bicyclic) bond motifs is 2. The van der Waals surface area contributed by atoms with Crippen LogP contribution in [-0.2, 0) is 71.1 Å². The van der Waals surface area contributed by atoms with Gasteiger partial charge < -0.3 is 78.0 Å². The molecule has 0 aromatic heterocycles. The average molecular weight is 1540 g/mol.